The van der Waals surface area contributed by atoms with Crippen LogP contribution in [0.4, 0.5) is 5.00 Å². The largest absolute Gasteiger partial charge is 0.476 e. The molecule has 2 aromatic heterocycles. The normalized spacial score (nSPS) is 12.3. The molecule has 2 rings (SSSR count). The molecule has 0 saturated carbocycles. The quantitative estimate of drug-likeness (QED) is 0.754. The summed E-state index contributed by atoms with van der Waals surface area (Å²) in [6, 6.07) is -0.0164. The first-order chi connectivity index (χ1) is 7.68. The summed E-state index contributed by atoms with van der Waals surface area (Å²) in [6.45, 7) is 1.93. The molecule has 0 aliphatic rings. The molecule has 2 heterocycles. The zero-order chi connectivity index (χ0) is 11.5. The number of anilines is 1. The summed E-state index contributed by atoms with van der Waals surface area (Å²) < 4.78 is 0. The van der Waals surface area contributed by atoms with E-state index in [1.807, 2.05) is 6.92 Å². The highest BCUT2D eigenvalue weighted by atomic mass is 32.1. The van der Waals surface area contributed by atoms with Crippen molar-refractivity contribution in [2.45, 2.75) is 13.0 Å². The zero-order valence-electron chi connectivity index (χ0n) is 8.47. The van der Waals surface area contributed by atoms with Gasteiger partial charge in [0.15, 0.2) is 5.69 Å². The zero-order valence-corrected chi connectivity index (χ0v) is 9.28. The van der Waals surface area contributed by atoms with E-state index in [-0.39, 0.29) is 11.7 Å². The average Bonchev–Trinajstić information content (AvgIpc) is 2.86. The lowest BCUT2D eigenvalue weighted by Crippen LogP contribution is -2.08. The second-order valence-electron chi connectivity index (χ2n) is 3.23. The second-order valence-corrected chi connectivity index (χ2v) is 4.09. The Kier molecular flexibility index (Phi) is 2.86. The summed E-state index contributed by atoms with van der Waals surface area (Å²) in [6.07, 6.45) is 3.46. The smallest absolute Gasteiger partial charge is 0.357 e. The van der Waals surface area contributed by atoms with Crippen molar-refractivity contribution in [2.75, 3.05) is 5.32 Å². The van der Waals surface area contributed by atoms with Crippen molar-refractivity contribution >= 4 is 22.3 Å². The Balaban J connectivity index is 2.15. The van der Waals surface area contributed by atoms with Crippen molar-refractivity contribution in [2.24, 2.45) is 0 Å². The predicted molar refractivity (Wildman–Crippen MR) is 59.7 cm³/mol. The lowest BCUT2D eigenvalue weighted by molar-refractivity contribution is 0.0692. The third kappa shape index (κ3) is 2.03. The molecule has 2 aromatic rings. The lowest BCUT2D eigenvalue weighted by atomic mass is 10.2. The number of nitrogens with one attached hydrogen (secondary N) is 2. The molecular weight excluding hydrogens is 228 g/mol. The number of nitrogens with zero attached hydrogens (tertiary/aromatic N) is 2. The van der Waals surface area contributed by atoms with Crippen LogP contribution in [-0.4, -0.2) is 26.3 Å². The monoisotopic (exact) mass is 238 g/mol. The van der Waals surface area contributed by atoms with Gasteiger partial charge in [0.25, 0.3) is 0 Å². The summed E-state index contributed by atoms with van der Waals surface area (Å²) in [7, 11) is 0. The number of aromatic amines is 1. The molecule has 0 aromatic carbocycles. The van der Waals surface area contributed by atoms with Gasteiger partial charge in [0.05, 0.1) is 17.7 Å². The van der Waals surface area contributed by atoms with E-state index in [2.05, 4.69) is 20.5 Å². The number of aromatic carboxylic acids is 1. The van der Waals surface area contributed by atoms with Gasteiger partial charge in [-0.3, -0.25) is 5.10 Å². The van der Waals surface area contributed by atoms with Crippen LogP contribution in [0, 0.1) is 0 Å². The highest BCUT2D eigenvalue weighted by Gasteiger charge is 2.16. The van der Waals surface area contributed by atoms with Gasteiger partial charge in [0.2, 0.25) is 0 Å². The van der Waals surface area contributed by atoms with Crippen molar-refractivity contribution in [1.29, 1.82) is 0 Å². The van der Waals surface area contributed by atoms with Gasteiger partial charge in [0, 0.05) is 11.8 Å². The van der Waals surface area contributed by atoms with E-state index >= 15 is 0 Å². The van der Waals surface area contributed by atoms with Gasteiger partial charge in [-0.15, -0.1) is 11.3 Å². The van der Waals surface area contributed by atoms with Crippen LogP contribution in [-0.2, 0) is 0 Å². The Morgan fingerprint density at radius 2 is 2.50 bits per heavy atom. The number of rotatable bonds is 4. The van der Waals surface area contributed by atoms with Crippen molar-refractivity contribution in [3.05, 3.63) is 29.2 Å². The minimum absolute atomic E-state index is 0.0164. The van der Waals surface area contributed by atoms with E-state index < -0.39 is 5.97 Å². The maximum absolute atomic E-state index is 10.8. The Hall–Kier alpha value is -1.89. The first-order valence-electron chi connectivity index (χ1n) is 4.60. The molecule has 3 N–H and O–H groups in total. The molecule has 0 aliphatic heterocycles. The fraction of sp³-hybridized carbons (Fsp3) is 0.222. The highest BCUT2D eigenvalue weighted by Crippen LogP contribution is 2.25. The minimum Gasteiger partial charge on any atom is -0.476 e. The molecule has 0 bridgehead atoms. The topological polar surface area (TPSA) is 90.9 Å². The summed E-state index contributed by atoms with van der Waals surface area (Å²) in [4.78, 5) is 14.6. The number of carboxylic acid groups (broad SMARTS) is 1. The predicted octanol–water partition coefficient (Wildman–Crippen LogP) is 1.74. The van der Waals surface area contributed by atoms with Gasteiger partial charge in [-0.2, -0.15) is 5.10 Å². The molecule has 6 nitrogen and oxygen atoms in total. The number of carboxylic acids is 1. The Labute approximate surface area is 95.3 Å². The molecule has 0 amide bonds. The van der Waals surface area contributed by atoms with E-state index in [9.17, 15) is 4.79 Å². The Bertz CT molecular complexity index is 479. The summed E-state index contributed by atoms with van der Waals surface area (Å²) >= 11 is 1.27. The van der Waals surface area contributed by atoms with Crippen LogP contribution in [0.5, 0.6) is 0 Å². The third-order valence-corrected chi connectivity index (χ3v) is 2.89. The molecule has 16 heavy (non-hydrogen) atoms. The Morgan fingerprint density at radius 3 is 3.12 bits per heavy atom. The lowest BCUT2D eigenvalue weighted by Gasteiger charge is -2.11. The van der Waals surface area contributed by atoms with Crippen molar-refractivity contribution in [1.82, 2.24) is 15.2 Å². The molecule has 1 atom stereocenters. The van der Waals surface area contributed by atoms with Crippen molar-refractivity contribution in [3.63, 3.8) is 0 Å². The molecule has 0 aliphatic carbocycles. The minimum atomic E-state index is -1.02. The third-order valence-electron chi connectivity index (χ3n) is 2.14. The van der Waals surface area contributed by atoms with Crippen LogP contribution in [0.3, 0.4) is 0 Å². The molecule has 0 fully saturated rings. The first-order valence-corrected chi connectivity index (χ1v) is 5.48. The van der Waals surface area contributed by atoms with E-state index in [4.69, 9.17) is 5.11 Å². The standard InChI is InChI=1S/C9H10N4O2S/c1-5(6-2-11-12-3-6)13-8-7(9(14)15)10-4-16-8/h2-5,13H,1H3,(H,11,12)(H,14,15). The van der Waals surface area contributed by atoms with Crippen LogP contribution < -0.4 is 5.32 Å². The molecule has 0 saturated heterocycles. The summed E-state index contributed by atoms with van der Waals surface area (Å²) in [5.41, 5.74) is 2.53. The number of H-pyrrole nitrogens is 1. The van der Waals surface area contributed by atoms with Crippen molar-refractivity contribution < 1.29 is 9.90 Å². The number of hydrogen-bond acceptors (Lipinski definition) is 5. The van der Waals surface area contributed by atoms with Gasteiger partial charge in [-0.05, 0) is 6.92 Å². The maximum atomic E-state index is 10.8. The summed E-state index contributed by atoms with van der Waals surface area (Å²) in [5, 5.41) is 19.1. The van der Waals surface area contributed by atoms with Gasteiger partial charge in [-0.1, -0.05) is 0 Å². The number of thiazole rings is 1. The molecule has 84 valence electrons. The maximum Gasteiger partial charge on any atom is 0.357 e. The Morgan fingerprint density at radius 1 is 1.69 bits per heavy atom. The van der Waals surface area contributed by atoms with Gasteiger partial charge in [-0.25, -0.2) is 9.78 Å². The number of carbonyl (C=O) groups is 1. The molecule has 7 heteroatoms. The summed E-state index contributed by atoms with van der Waals surface area (Å²) in [5.74, 6) is -1.02. The van der Waals surface area contributed by atoms with Crippen LogP contribution >= 0.6 is 11.3 Å². The fourth-order valence-corrected chi connectivity index (χ4v) is 2.04. The first kappa shape index (κ1) is 10.6. The molecule has 1 unspecified atom stereocenters. The van der Waals surface area contributed by atoms with Gasteiger partial charge in [0.1, 0.15) is 5.00 Å². The van der Waals surface area contributed by atoms with E-state index in [1.165, 1.54) is 16.8 Å². The van der Waals surface area contributed by atoms with Crippen LogP contribution in [0.15, 0.2) is 17.9 Å². The van der Waals surface area contributed by atoms with Gasteiger partial charge >= 0.3 is 5.97 Å². The van der Waals surface area contributed by atoms with Gasteiger partial charge < -0.3 is 10.4 Å². The van der Waals surface area contributed by atoms with E-state index in [0.29, 0.717) is 5.00 Å². The van der Waals surface area contributed by atoms with Crippen molar-refractivity contribution in [3.8, 4) is 0 Å². The highest BCUT2D eigenvalue weighted by molar-refractivity contribution is 7.14. The SMILES string of the molecule is CC(Nc1scnc1C(=O)O)c1cn[nH]c1. The number of hydrogen-bond donors (Lipinski definition) is 3. The number of aromatic nitrogens is 3. The van der Waals surface area contributed by atoms with Crippen LogP contribution in [0.2, 0.25) is 0 Å². The average molecular weight is 238 g/mol. The van der Waals surface area contributed by atoms with E-state index in [0.717, 1.165) is 5.56 Å². The molecule has 0 spiro atoms. The van der Waals surface area contributed by atoms with Crippen LogP contribution in [0.1, 0.15) is 29.0 Å². The molecule has 0 radical (unpaired) electrons. The van der Waals surface area contributed by atoms with E-state index in [1.54, 1.807) is 12.4 Å². The van der Waals surface area contributed by atoms with Crippen LogP contribution in [0.25, 0.3) is 0 Å². The second kappa shape index (κ2) is 4.31. The fourth-order valence-electron chi connectivity index (χ4n) is 1.28. The molecular formula is C9H10N4O2S.